The molecule has 0 saturated heterocycles. The fourth-order valence-electron chi connectivity index (χ4n) is 1.77. The van der Waals surface area contributed by atoms with Crippen LogP contribution in [0.15, 0.2) is 23.3 Å². The fraction of sp³-hybridized carbons (Fsp3) is 0.300. The highest BCUT2D eigenvalue weighted by Gasteiger charge is 2.38. The lowest BCUT2D eigenvalue weighted by molar-refractivity contribution is -0.113. The van der Waals surface area contributed by atoms with Crippen molar-refractivity contribution in [3.8, 4) is 12.1 Å². The minimum atomic E-state index is -1.01. The van der Waals surface area contributed by atoms with Crippen LogP contribution in [-0.2, 0) is 4.79 Å². The first-order valence-electron chi connectivity index (χ1n) is 3.97. The third-order valence-corrected chi connectivity index (χ3v) is 2.40. The lowest BCUT2D eigenvalue weighted by Gasteiger charge is -2.05. The molecule has 0 saturated carbocycles. The highest BCUT2D eigenvalue weighted by atomic mass is 16.1. The lowest BCUT2D eigenvalue weighted by atomic mass is 9.90. The Morgan fingerprint density at radius 1 is 1.31 bits per heavy atom. The third kappa shape index (κ3) is 0.981. The quantitative estimate of drug-likeness (QED) is 0.549. The molecule has 0 atom stereocenters. The predicted octanol–water partition coefficient (Wildman–Crippen LogP) is 1.25. The smallest absolute Gasteiger partial charge is 0.166 e. The van der Waals surface area contributed by atoms with Crippen LogP contribution in [0, 0.1) is 28.1 Å². The van der Waals surface area contributed by atoms with E-state index >= 15 is 0 Å². The van der Waals surface area contributed by atoms with Gasteiger partial charge in [0.25, 0.3) is 0 Å². The normalized spacial score (nSPS) is 22.8. The van der Waals surface area contributed by atoms with Crippen LogP contribution in [0.2, 0.25) is 0 Å². The number of fused-ring (bicyclic) bond motifs is 1. The monoisotopic (exact) mass is 170 g/mol. The minimum Gasteiger partial charge on any atom is -0.294 e. The van der Waals surface area contributed by atoms with Gasteiger partial charge in [-0.05, 0) is 23.3 Å². The van der Waals surface area contributed by atoms with E-state index in [1.54, 1.807) is 12.2 Å². The molecular weight excluding hydrogens is 164 g/mol. The SMILES string of the molecule is N#CC1(C#N)C=C2CC(=O)C=C2C1. The lowest BCUT2D eigenvalue weighted by Crippen LogP contribution is -2.08. The van der Waals surface area contributed by atoms with Crippen molar-refractivity contribution in [3.63, 3.8) is 0 Å². The molecule has 2 rings (SSSR count). The summed E-state index contributed by atoms with van der Waals surface area (Å²) < 4.78 is 0. The molecule has 0 fully saturated rings. The Balaban J connectivity index is 2.43. The van der Waals surface area contributed by atoms with Crippen LogP contribution in [0.1, 0.15) is 12.8 Å². The summed E-state index contributed by atoms with van der Waals surface area (Å²) in [6.07, 6.45) is 3.91. The summed E-state index contributed by atoms with van der Waals surface area (Å²) in [4.78, 5) is 11.0. The summed E-state index contributed by atoms with van der Waals surface area (Å²) >= 11 is 0. The molecule has 0 aromatic heterocycles. The number of ketones is 1. The van der Waals surface area contributed by atoms with E-state index in [1.165, 1.54) is 0 Å². The minimum absolute atomic E-state index is 0.0747. The van der Waals surface area contributed by atoms with Gasteiger partial charge < -0.3 is 0 Å². The zero-order chi connectivity index (χ0) is 9.47. The summed E-state index contributed by atoms with van der Waals surface area (Å²) in [6, 6.07) is 3.96. The molecule has 0 spiro atoms. The Hall–Kier alpha value is -1.87. The van der Waals surface area contributed by atoms with Crippen LogP contribution in [-0.4, -0.2) is 5.78 Å². The first-order chi connectivity index (χ1) is 6.19. The van der Waals surface area contributed by atoms with Gasteiger partial charge >= 0.3 is 0 Å². The van der Waals surface area contributed by atoms with Crippen LogP contribution in [0.5, 0.6) is 0 Å². The highest BCUT2D eigenvalue weighted by Crippen LogP contribution is 2.43. The molecule has 13 heavy (non-hydrogen) atoms. The largest absolute Gasteiger partial charge is 0.294 e. The topological polar surface area (TPSA) is 64.7 Å². The van der Waals surface area contributed by atoms with Gasteiger partial charge in [-0.1, -0.05) is 0 Å². The van der Waals surface area contributed by atoms with Crippen LogP contribution >= 0.6 is 0 Å². The van der Waals surface area contributed by atoms with Crippen molar-refractivity contribution in [1.29, 1.82) is 10.5 Å². The average molecular weight is 170 g/mol. The van der Waals surface area contributed by atoms with E-state index < -0.39 is 5.41 Å². The number of hydrogen-bond donors (Lipinski definition) is 0. The second-order valence-electron chi connectivity index (χ2n) is 3.35. The van der Waals surface area contributed by atoms with E-state index in [9.17, 15) is 4.79 Å². The van der Waals surface area contributed by atoms with Crippen molar-refractivity contribution >= 4 is 5.78 Å². The third-order valence-electron chi connectivity index (χ3n) is 2.40. The Morgan fingerprint density at radius 3 is 2.54 bits per heavy atom. The number of carbonyl (C=O) groups is 1. The predicted molar refractivity (Wildman–Crippen MR) is 44.1 cm³/mol. The van der Waals surface area contributed by atoms with Gasteiger partial charge in [-0.25, -0.2) is 0 Å². The zero-order valence-electron chi connectivity index (χ0n) is 6.87. The molecule has 0 N–H and O–H groups in total. The second kappa shape index (κ2) is 2.31. The number of hydrogen-bond acceptors (Lipinski definition) is 3. The first-order valence-corrected chi connectivity index (χ1v) is 3.97. The molecule has 62 valence electrons. The Kier molecular flexibility index (Phi) is 1.38. The molecule has 0 heterocycles. The van der Waals surface area contributed by atoms with Crippen molar-refractivity contribution in [1.82, 2.24) is 0 Å². The Morgan fingerprint density at radius 2 is 2.00 bits per heavy atom. The van der Waals surface area contributed by atoms with Gasteiger partial charge in [0.2, 0.25) is 0 Å². The molecule has 3 heteroatoms. The van der Waals surface area contributed by atoms with E-state index in [2.05, 4.69) is 0 Å². The van der Waals surface area contributed by atoms with Crippen LogP contribution in [0.3, 0.4) is 0 Å². The molecule has 0 bridgehead atoms. The van der Waals surface area contributed by atoms with Gasteiger partial charge in [-0.15, -0.1) is 0 Å². The van der Waals surface area contributed by atoms with Gasteiger partial charge in [0.1, 0.15) is 0 Å². The maximum atomic E-state index is 11.0. The standard InChI is InChI=1S/C10H6N2O/c11-5-10(6-12)3-7-1-9(13)2-8(7)4-10/h1,4H,2-3H2. The van der Waals surface area contributed by atoms with E-state index in [4.69, 9.17) is 10.5 Å². The van der Waals surface area contributed by atoms with Gasteiger partial charge in [0, 0.05) is 12.8 Å². The Labute approximate surface area is 75.6 Å². The number of carbonyl (C=O) groups excluding carboxylic acids is 1. The van der Waals surface area contributed by atoms with Crippen molar-refractivity contribution in [2.45, 2.75) is 12.8 Å². The zero-order valence-corrected chi connectivity index (χ0v) is 6.87. The maximum absolute atomic E-state index is 11.0. The number of nitrogens with zero attached hydrogens (tertiary/aromatic N) is 2. The van der Waals surface area contributed by atoms with Crippen molar-refractivity contribution in [2.24, 2.45) is 5.41 Å². The molecule has 0 unspecified atom stereocenters. The van der Waals surface area contributed by atoms with E-state index in [0.29, 0.717) is 12.8 Å². The molecule has 3 nitrogen and oxygen atoms in total. The highest BCUT2D eigenvalue weighted by molar-refractivity contribution is 5.98. The van der Waals surface area contributed by atoms with Crippen molar-refractivity contribution in [3.05, 3.63) is 23.3 Å². The molecule has 0 amide bonds. The van der Waals surface area contributed by atoms with E-state index in [-0.39, 0.29) is 5.78 Å². The van der Waals surface area contributed by atoms with Gasteiger partial charge in [-0.3, -0.25) is 4.79 Å². The molecule has 0 radical (unpaired) electrons. The van der Waals surface area contributed by atoms with Crippen molar-refractivity contribution in [2.75, 3.05) is 0 Å². The summed E-state index contributed by atoms with van der Waals surface area (Å²) in [6.45, 7) is 0. The van der Waals surface area contributed by atoms with Gasteiger partial charge in [-0.2, -0.15) is 10.5 Å². The van der Waals surface area contributed by atoms with Gasteiger partial charge in [0.15, 0.2) is 11.2 Å². The Bertz CT molecular complexity index is 415. The number of nitriles is 2. The molecule has 0 aromatic rings. The summed E-state index contributed by atoms with van der Waals surface area (Å²) in [5, 5.41) is 17.6. The molecular formula is C10H6N2O. The fourth-order valence-corrected chi connectivity index (χ4v) is 1.77. The van der Waals surface area contributed by atoms with Crippen LogP contribution < -0.4 is 0 Å². The number of rotatable bonds is 0. The summed E-state index contributed by atoms with van der Waals surface area (Å²) in [5.74, 6) is 0.0747. The summed E-state index contributed by atoms with van der Waals surface area (Å²) in [7, 11) is 0. The van der Waals surface area contributed by atoms with E-state index in [1.807, 2.05) is 12.1 Å². The molecule has 0 aliphatic heterocycles. The molecule has 0 aromatic carbocycles. The summed E-state index contributed by atoms with van der Waals surface area (Å²) in [5.41, 5.74) is 0.725. The van der Waals surface area contributed by atoms with Crippen molar-refractivity contribution < 1.29 is 4.79 Å². The molecule has 2 aliphatic carbocycles. The van der Waals surface area contributed by atoms with Crippen LogP contribution in [0.4, 0.5) is 0 Å². The average Bonchev–Trinajstić information content (AvgIpc) is 2.59. The van der Waals surface area contributed by atoms with E-state index in [0.717, 1.165) is 11.1 Å². The number of allylic oxidation sites excluding steroid dienone is 4. The molecule has 2 aliphatic rings. The second-order valence-corrected chi connectivity index (χ2v) is 3.35. The van der Waals surface area contributed by atoms with Crippen LogP contribution in [0.25, 0.3) is 0 Å². The first kappa shape index (κ1) is 7.76. The maximum Gasteiger partial charge on any atom is 0.166 e. The van der Waals surface area contributed by atoms with Gasteiger partial charge in [0.05, 0.1) is 12.1 Å².